The van der Waals surface area contributed by atoms with Crippen LogP contribution in [0.5, 0.6) is 5.75 Å². The molecule has 1 N–H and O–H groups in total. The number of hydrogen-bond donors (Lipinski definition) is 1. The number of rotatable bonds is 4. The largest absolute Gasteiger partial charge is 0.490 e. The van der Waals surface area contributed by atoms with E-state index in [9.17, 15) is 5.11 Å². The van der Waals surface area contributed by atoms with Gasteiger partial charge in [-0.3, -0.25) is 0 Å². The summed E-state index contributed by atoms with van der Waals surface area (Å²) in [6.07, 6.45) is 3.23. The Hall–Kier alpha value is -1.80. The second kappa shape index (κ2) is 4.64. The molecule has 1 fully saturated rings. The SMILES string of the molecule is OC(c1cccc(OC2CC2)c1)C1Cc2ccccc21. The number of fused-ring (bicyclic) bond motifs is 1. The molecule has 0 amide bonds. The van der Waals surface area contributed by atoms with Gasteiger partial charge in [0.05, 0.1) is 12.2 Å². The van der Waals surface area contributed by atoms with Crippen molar-refractivity contribution in [2.45, 2.75) is 37.4 Å². The minimum absolute atomic E-state index is 0.224. The quantitative estimate of drug-likeness (QED) is 0.916. The van der Waals surface area contributed by atoms with Crippen molar-refractivity contribution >= 4 is 0 Å². The van der Waals surface area contributed by atoms with Crippen molar-refractivity contribution in [1.29, 1.82) is 0 Å². The van der Waals surface area contributed by atoms with Crippen LogP contribution in [0.4, 0.5) is 0 Å². The normalized spacial score (nSPS) is 21.8. The van der Waals surface area contributed by atoms with E-state index in [4.69, 9.17) is 4.74 Å². The predicted molar refractivity (Wildman–Crippen MR) is 77.9 cm³/mol. The van der Waals surface area contributed by atoms with Crippen LogP contribution in [-0.2, 0) is 6.42 Å². The fourth-order valence-corrected chi connectivity index (χ4v) is 2.96. The summed E-state index contributed by atoms with van der Waals surface area (Å²) in [5.41, 5.74) is 3.61. The molecule has 2 aliphatic rings. The van der Waals surface area contributed by atoms with Crippen LogP contribution in [0.25, 0.3) is 0 Å². The summed E-state index contributed by atoms with van der Waals surface area (Å²) in [4.78, 5) is 0. The second-order valence-electron chi connectivity index (χ2n) is 5.84. The van der Waals surface area contributed by atoms with E-state index in [0.29, 0.717) is 6.10 Å². The van der Waals surface area contributed by atoms with E-state index in [2.05, 4.69) is 18.2 Å². The molecule has 2 aromatic rings. The molecule has 0 saturated heterocycles. The molecular weight excluding hydrogens is 248 g/mol. The maximum atomic E-state index is 10.6. The number of aliphatic hydroxyl groups is 1. The van der Waals surface area contributed by atoms with Gasteiger partial charge in [-0.05, 0) is 48.1 Å². The topological polar surface area (TPSA) is 29.5 Å². The standard InChI is InChI=1S/C18H18O2/c19-18(17-11-12-4-1-2-7-16(12)17)13-5-3-6-15(10-13)20-14-8-9-14/h1-7,10,14,17-19H,8-9,11H2. The Balaban J connectivity index is 1.55. The highest BCUT2D eigenvalue weighted by Gasteiger charge is 2.32. The van der Waals surface area contributed by atoms with Crippen molar-refractivity contribution in [1.82, 2.24) is 0 Å². The van der Waals surface area contributed by atoms with Crippen LogP contribution < -0.4 is 4.74 Å². The lowest BCUT2D eigenvalue weighted by Gasteiger charge is -2.34. The van der Waals surface area contributed by atoms with Crippen LogP contribution in [0.15, 0.2) is 48.5 Å². The third-order valence-corrected chi connectivity index (χ3v) is 4.30. The third kappa shape index (κ3) is 2.10. The summed E-state index contributed by atoms with van der Waals surface area (Å²) in [7, 11) is 0. The summed E-state index contributed by atoms with van der Waals surface area (Å²) < 4.78 is 5.81. The summed E-state index contributed by atoms with van der Waals surface area (Å²) in [6, 6.07) is 16.3. The molecule has 0 aliphatic heterocycles. The highest BCUT2D eigenvalue weighted by Crippen LogP contribution is 2.43. The van der Waals surface area contributed by atoms with E-state index in [0.717, 1.165) is 30.6 Å². The van der Waals surface area contributed by atoms with Gasteiger partial charge in [0.1, 0.15) is 5.75 Å². The lowest BCUT2D eigenvalue weighted by atomic mass is 9.73. The lowest BCUT2D eigenvalue weighted by Crippen LogP contribution is -2.23. The van der Waals surface area contributed by atoms with E-state index < -0.39 is 6.10 Å². The van der Waals surface area contributed by atoms with Crippen molar-refractivity contribution in [2.75, 3.05) is 0 Å². The molecule has 4 rings (SSSR count). The molecule has 2 nitrogen and oxygen atoms in total. The van der Waals surface area contributed by atoms with Crippen LogP contribution in [-0.4, -0.2) is 11.2 Å². The first kappa shape index (κ1) is 12.0. The van der Waals surface area contributed by atoms with E-state index in [-0.39, 0.29) is 5.92 Å². The Kier molecular flexibility index (Phi) is 2.78. The van der Waals surface area contributed by atoms with Crippen LogP contribution in [0.2, 0.25) is 0 Å². The first-order chi connectivity index (χ1) is 9.81. The van der Waals surface area contributed by atoms with E-state index in [1.54, 1.807) is 0 Å². The monoisotopic (exact) mass is 266 g/mol. The van der Waals surface area contributed by atoms with Gasteiger partial charge in [-0.15, -0.1) is 0 Å². The molecule has 2 unspecified atom stereocenters. The van der Waals surface area contributed by atoms with Crippen LogP contribution in [0, 0.1) is 0 Å². The van der Waals surface area contributed by atoms with Gasteiger partial charge >= 0.3 is 0 Å². The predicted octanol–water partition coefficient (Wildman–Crippen LogP) is 3.60. The molecular formula is C18H18O2. The summed E-state index contributed by atoms with van der Waals surface area (Å²) >= 11 is 0. The first-order valence-electron chi connectivity index (χ1n) is 7.34. The Morgan fingerprint density at radius 2 is 1.90 bits per heavy atom. The van der Waals surface area contributed by atoms with E-state index >= 15 is 0 Å². The second-order valence-corrected chi connectivity index (χ2v) is 5.84. The fourth-order valence-electron chi connectivity index (χ4n) is 2.96. The van der Waals surface area contributed by atoms with Gasteiger partial charge in [-0.2, -0.15) is 0 Å². The smallest absolute Gasteiger partial charge is 0.120 e. The molecule has 20 heavy (non-hydrogen) atoms. The van der Waals surface area contributed by atoms with Gasteiger partial charge in [0.15, 0.2) is 0 Å². The average Bonchev–Trinajstić information content (AvgIpc) is 3.24. The van der Waals surface area contributed by atoms with E-state index in [1.807, 2.05) is 30.3 Å². The first-order valence-corrected chi connectivity index (χ1v) is 7.34. The van der Waals surface area contributed by atoms with Crippen molar-refractivity contribution in [3.8, 4) is 5.75 Å². The Morgan fingerprint density at radius 3 is 2.70 bits per heavy atom. The summed E-state index contributed by atoms with van der Waals surface area (Å²) in [5, 5.41) is 10.6. The van der Waals surface area contributed by atoms with Gasteiger partial charge in [0.25, 0.3) is 0 Å². The average molecular weight is 266 g/mol. The zero-order valence-electron chi connectivity index (χ0n) is 11.3. The minimum Gasteiger partial charge on any atom is -0.490 e. The molecule has 0 spiro atoms. The molecule has 0 aromatic heterocycles. The highest BCUT2D eigenvalue weighted by molar-refractivity contribution is 5.43. The zero-order valence-corrected chi connectivity index (χ0v) is 11.3. The number of hydrogen-bond acceptors (Lipinski definition) is 2. The van der Waals surface area contributed by atoms with Gasteiger partial charge in [-0.25, -0.2) is 0 Å². The van der Waals surface area contributed by atoms with Crippen molar-refractivity contribution < 1.29 is 9.84 Å². The van der Waals surface area contributed by atoms with Crippen LogP contribution in [0.1, 0.15) is 41.6 Å². The fraction of sp³-hybridized carbons (Fsp3) is 0.333. The van der Waals surface area contributed by atoms with E-state index in [1.165, 1.54) is 11.1 Å². The molecule has 0 bridgehead atoms. The Morgan fingerprint density at radius 1 is 1.05 bits per heavy atom. The number of aliphatic hydroxyl groups excluding tert-OH is 1. The van der Waals surface area contributed by atoms with Gasteiger partial charge in [-0.1, -0.05) is 36.4 Å². The molecule has 102 valence electrons. The molecule has 0 heterocycles. The Bertz CT molecular complexity index is 631. The lowest BCUT2D eigenvalue weighted by molar-refractivity contribution is 0.134. The Labute approximate surface area is 119 Å². The minimum atomic E-state index is -0.437. The number of ether oxygens (including phenoxy) is 1. The molecule has 2 aromatic carbocycles. The zero-order chi connectivity index (χ0) is 13.5. The maximum absolute atomic E-state index is 10.6. The molecule has 2 atom stereocenters. The molecule has 0 radical (unpaired) electrons. The van der Waals surface area contributed by atoms with Gasteiger partial charge < -0.3 is 9.84 Å². The summed E-state index contributed by atoms with van der Waals surface area (Å²) in [5.74, 6) is 1.11. The van der Waals surface area contributed by atoms with Crippen molar-refractivity contribution in [2.24, 2.45) is 0 Å². The van der Waals surface area contributed by atoms with Crippen LogP contribution >= 0.6 is 0 Å². The number of benzene rings is 2. The molecule has 2 aliphatic carbocycles. The molecule has 2 heteroatoms. The summed E-state index contributed by atoms with van der Waals surface area (Å²) in [6.45, 7) is 0. The molecule has 1 saturated carbocycles. The highest BCUT2D eigenvalue weighted by atomic mass is 16.5. The third-order valence-electron chi connectivity index (χ3n) is 4.30. The van der Waals surface area contributed by atoms with Crippen molar-refractivity contribution in [3.63, 3.8) is 0 Å². The maximum Gasteiger partial charge on any atom is 0.120 e. The van der Waals surface area contributed by atoms with Gasteiger partial charge in [0, 0.05) is 5.92 Å². The van der Waals surface area contributed by atoms with Crippen LogP contribution in [0.3, 0.4) is 0 Å². The van der Waals surface area contributed by atoms with Gasteiger partial charge in [0.2, 0.25) is 0 Å². The van der Waals surface area contributed by atoms with Crippen molar-refractivity contribution in [3.05, 3.63) is 65.2 Å².